The molecule has 0 spiro atoms. The number of hydrogen-bond acceptors (Lipinski definition) is 5. The fourth-order valence-corrected chi connectivity index (χ4v) is 1.17. The van der Waals surface area contributed by atoms with Crippen LogP contribution in [0.5, 0.6) is 0 Å². The first kappa shape index (κ1) is 12.7. The molecule has 0 bridgehead atoms. The molecule has 0 aromatic heterocycles. The molecule has 2 N–H and O–H groups in total. The van der Waals surface area contributed by atoms with Gasteiger partial charge in [-0.2, -0.15) is 0 Å². The lowest BCUT2D eigenvalue weighted by Gasteiger charge is -2.23. The lowest BCUT2D eigenvalue weighted by molar-refractivity contribution is -0.123. The van der Waals surface area contributed by atoms with E-state index in [0.717, 1.165) is 11.0 Å². The summed E-state index contributed by atoms with van der Waals surface area (Å²) in [6, 6.07) is 0. The van der Waals surface area contributed by atoms with E-state index in [4.69, 9.17) is 14.8 Å². The molecular weight excluding hydrogens is 213 g/mol. The van der Waals surface area contributed by atoms with Crippen LogP contribution in [0.1, 0.15) is 20.8 Å². The molecule has 0 unspecified atom stereocenters. The topological polar surface area (TPSA) is 87.1 Å². The van der Waals surface area contributed by atoms with Gasteiger partial charge in [0.05, 0.1) is 6.54 Å². The number of imide groups is 1. The SMILES string of the molecule is CC(C)(C)OC(=O)N1CC(B(O)O)=CC1=O. The Labute approximate surface area is 93.6 Å². The van der Waals surface area contributed by atoms with Crippen molar-refractivity contribution in [2.75, 3.05) is 6.54 Å². The van der Waals surface area contributed by atoms with Crippen molar-refractivity contribution in [1.29, 1.82) is 0 Å². The highest BCUT2D eigenvalue weighted by Gasteiger charge is 2.34. The third kappa shape index (κ3) is 3.08. The van der Waals surface area contributed by atoms with Crippen molar-refractivity contribution in [1.82, 2.24) is 4.90 Å². The molecule has 88 valence electrons. The van der Waals surface area contributed by atoms with Crippen LogP contribution in [0.2, 0.25) is 0 Å². The Morgan fingerprint density at radius 3 is 2.44 bits per heavy atom. The number of ether oxygens (including phenoxy) is 1. The van der Waals surface area contributed by atoms with E-state index in [0.29, 0.717) is 0 Å². The zero-order chi connectivity index (χ0) is 12.5. The van der Waals surface area contributed by atoms with E-state index in [-0.39, 0.29) is 12.0 Å². The second-order valence-electron chi connectivity index (χ2n) is 4.50. The fraction of sp³-hybridized carbons (Fsp3) is 0.556. The van der Waals surface area contributed by atoms with Crippen LogP contribution >= 0.6 is 0 Å². The van der Waals surface area contributed by atoms with E-state index >= 15 is 0 Å². The van der Waals surface area contributed by atoms with Crippen LogP contribution in [0.15, 0.2) is 11.5 Å². The van der Waals surface area contributed by atoms with Crippen molar-refractivity contribution >= 4 is 19.1 Å². The zero-order valence-corrected chi connectivity index (χ0v) is 9.43. The molecule has 6 nitrogen and oxygen atoms in total. The minimum atomic E-state index is -1.73. The number of nitrogens with zero attached hydrogens (tertiary/aromatic N) is 1. The molecule has 0 atom stereocenters. The lowest BCUT2D eigenvalue weighted by Crippen LogP contribution is -2.38. The van der Waals surface area contributed by atoms with Gasteiger partial charge in [0, 0.05) is 6.08 Å². The van der Waals surface area contributed by atoms with Crippen LogP contribution in [0.25, 0.3) is 0 Å². The summed E-state index contributed by atoms with van der Waals surface area (Å²) >= 11 is 0. The van der Waals surface area contributed by atoms with Crippen LogP contribution in [-0.2, 0) is 9.53 Å². The van der Waals surface area contributed by atoms with Gasteiger partial charge in [-0.1, -0.05) is 0 Å². The first-order valence-electron chi connectivity index (χ1n) is 4.82. The molecule has 0 saturated carbocycles. The highest BCUT2D eigenvalue weighted by molar-refractivity contribution is 6.52. The van der Waals surface area contributed by atoms with Gasteiger partial charge >= 0.3 is 13.2 Å². The number of carbonyl (C=O) groups is 2. The summed E-state index contributed by atoms with van der Waals surface area (Å²) in [6.45, 7) is 4.90. The Hall–Kier alpha value is -1.34. The second kappa shape index (κ2) is 4.27. The van der Waals surface area contributed by atoms with Crippen molar-refractivity contribution in [3.05, 3.63) is 11.5 Å². The van der Waals surface area contributed by atoms with E-state index in [1.807, 2.05) is 0 Å². The van der Waals surface area contributed by atoms with Crippen molar-refractivity contribution in [2.45, 2.75) is 26.4 Å². The van der Waals surface area contributed by atoms with Gasteiger partial charge < -0.3 is 14.8 Å². The first-order chi connectivity index (χ1) is 7.20. The molecule has 0 aromatic carbocycles. The predicted molar refractivity (Wildman–Crippen MR) is 56.2 cm³/mol. The molecular formula is C9H14BNO5. The van der Waals surface area contributed by atoms with Crippen molar-refractivity contribution in [3.63, 3.8) is 0 Å². The molecule has 1 aliphatic rings. The van der Waals surface area contributed by atoms with Gasteiger partial charge in [0.15, 0.2) is 0 Å². The minimum Gasteiger partial charge on any atom is -0.443 e. The maximum Gasteiger partial charge on any atom is 0.486 e. The molecule has 1 heterocycles. The Balaban J connectivity index is 2.66. The predicted octanol–water partition coefficient (Wildman–Crippen LogP) is -0.298. The Kier molecular flexibility index (Phi) is 3.40. The number of amides is 2. The third-order valence-corrected chi connectivity index (χ3v) is 1.86. The summed E-state index contributed by atoms with van der Waals surface area (Å²) in [7, 11) is -1.73. The van der Waals surface area contributed by atoms with Gasteiger partial charge in [-0.25, -0.2) is 9.69 Å². The van der Waals surface area contributed by atoms with Gasteiger partial charge in [-0.3, -0.25) is 4.79 Å². The second-order valence-corrected chi connectivity index (χ2v) is 4.50. The van der Waals surface area contributed by atoms with Crippen molar-refractivity contribution in [3.8, 4) is 0 Å². The quantitative estimate of drug-likeness (QED) is 0.600. The van der Waals surface area contributed by atoms with Crippen molar-refractivity contribution in [2.24, 2.45) is 0 Å². The van der Waals surface area contributed by atoms with E-state index in [2.05, 4.69) is 0 Å². The summed E-state index contributed by atoms with van der Waals surface area (Å²) in [4.78, 5) is 23.7. The van der Waals surface area contributed by atoms with E-state index in [1.165, 1.54) is 0 Å². The van der Waals surface area contributed by atoms with Gasteiger partial charge in [-0.05, 0) is 26.2 Å². The molecule has 0 aliphatic carbocycles. The summed E-state index contributed by atoms with van der Waals surface area (Å²) in [6.07, 6.45) is 0.235. The summed E-state index contributed by atoms with van der Waals surface area (Å²) in [5.41, 5.74) is -0.617. The molecule has 1 aliphatic heterocycles. The molecule has 1 rings (SSSR count). The Bertz CT molecular complexity index is 344. The average molecular weight is 227 g/mol. The number of rotatable bonds is 1. The third-order valence-electron chi connectivity index (χ3n) is 1.86. The Morgan fingerprint density at radius 2 is 2.06 bits per heavy atom. The number of hydrogen-bond donors (Lipinski definition) is 2. The van der Waals surface area contributed by atoms with Crippen LogP contribution in [0, 0.1) is 0 Å². The normalized spacial score (nSPS) is 16.2. The minimum absolute atomic E-state index is 0.0795. The van der Waals surface area contributed by atoms with Crippen LogP contribution < -0.4 is 0 Å². The monoisotopic (exact) mass is 227 g/mol. The van der Waals surface area contributed by atoms with Crippen LogP contribution in [-0.4, -0.2) is 46.2 Å². The molecule has 0 saturated heterocycles. The highest BCUT2D eigenvalue weighted by Crippen LogP contribution is 2.16. The van der Waals surface area contributed by atoms with Gasteiger partial charge in [0.1, 0.15) is 5.60 Å². The molecule has 2 amide bonds. The molecule has 0 aromatic rings. The smallest absolute Gasteiger partial charge is 0.443 e. The Morgan fingerprint density at radius 1 is 1.50 bits per heavy atom. The lowest BCUT2D eigenvalue weighted by atomic mass is 9.80. The van der Waals surface area contributed by atoms with E-state index < -0.39 is 24.7 Å². The fourth-order valence-electron chi connectivity index (χ4n) is 1.17. The zero-order valence-electron chi connectivity index (χ0n) is 9.43. The summed E-state index contributed by atoms with van der Waals surface area (Å²) < 4.78 is 4.99. The maximum atomic E-state index is 11.5. The van der Waals surface area contributed by atoms with Crippen molar-refractivity contribution < 1.29 is 24.4 Å². The average Bonchev–Trinajstić information content (AvgIpc) is 2.44. The summed E-state index contributed by atoms with van der Waals surface area (Å²) in [5.74, 6) is -0.600. The molecule has 0 fully saturated rings. The maximum absolute atomic E-state index is 11.5. The molecule has 16 heavy (non-hydrogen) atoms. The molecule has 7 heteroatoms. The standard InChI is InChI=1S/C9H14BNO5/c1-9(2,3)16-8(13)11-5-6(10(14)15)4-7(11)12/h4,14-15H,5H2,1-3H3. The van der Waals surface area contributed by atoms with E-state index in [9.17, 15) is 9.59 Å². The van der Waals surface area contributed by atoms with Gasteiger partial charge in [-0.15, -0.1) is 0 Å². The highest BCUT2D eigenvalue weighted by atomic mass is 16.6. The van der Waals surface area contributed by atoms with Gasteiger partial charge in [0.2, 0.25) is 0 Å². The van der Waals surface area contributed by atoms with Crippen LogP contribution in [0.3, 0.4) is 0 Å². The van der Waals surface area contributed by atoms with Crippen LogP contribution in [0.4, 0.5) is 4.79 Å². The number of carbonyl (C=O) groups excluding carboxylic acids is 2. The van der Waals surface area contributed by atoms with Gasteiger partial charge in [0.25, 0.3) is 5.91 Å². The summed E-state index contributed by atoms with van der Waals surface area (Å²) in [5, 5.41) is 17.7. The largest absolute Gasteiger partial charge is 0.486 e. The molecule has 0 radical (unpaired) electrons. The van der Waals surface area contributed by atoms with E-state index in [1.54, 1.807) is 20.8 Å². The first-order valence-corrected chi connectivity index (χ1v) is 4.82.